The molecule has 3 heterocycles. The Morgan fingerprint density at radius 1 is 1.46 bits per heavy atom. The van der Waals surface area contributed by atoms with Gasteiger partial charge in [0.1, 0.15) is 11.6 Å². The van der Waals surface area contributed by atoms with E-state index in [-0.39, 0.29) is 17.9 Å². The number of likely N-dealkylation sites (N-methyl/N-ethyl adjacent to an activating group) is 1. The smallest absolute Gasteiger partial charge is 0.289 e. The van der Waals surface area contributed by atoms with Crippen molar-refractivity contribution in [1.82, 2.24) is 20.1 Å². The van der Waals surface area contributed by atoms with Gasteiger partial charge in [-0.05, 0) is 31.9 Å². The Bertz CT molecular complexity index is 721. The molecule has 1 aliphatic rings. The van der Waals surface area contributed by atoms with Gasteiger partial charge in [0.25, 0.3) is 5.91 Å². The van der Waals surface area contributed by atoms with Gasteiger partial charge in [-0.15, -0.1) is 0 Å². The number of furan rings is 1. The number of aryl methyl sites for hydroxylation is 3. The zero-order valence-electron chi connectivity index (χ0n) is 14.6. The average Bonchev–Trinajstić information content (AvgIpc) is 3.26. The van der Waals surface area contributed by atoms with Gasteiger partial charge < -0.3 is 14.1 Å². The second-order valence-electron chi connectivity index (χ2n) is 6.34. The number of aromatic nitrogens is 3. The monoisotopic (exact) mass is 332 g/mol. The minimum absolute atomic E-state index is 0.101. The highest BCUT2D eigenvalue weighted by Gasteiger charge is 2.34. The van der Waals surface area contributed by atoms with Crippen molar-refractivity contribution in [3.63, 3.8) is 0 Å². The summed E-state index contributed by atoms with van der Waals surface area (Å²) in [7, 11) is 1.77. The second-order valence-corrected chi connectivity index (χ2v) is 6.34. The molecule has 1 N–H and O–H groups in total. The molecule has 0 spiro atoms. The van der Waals surface area contributed by atoms with Crippen LogP contribution in [0, 0.1) is 13.8 Å². The highest BCUT2D eigenvalue weighted by atomic mass is 16.5. The maximum absolute atomic E-state index is 12.6. The van der Waals surface area contributed by atoms with Crippen molar-refractivity contribution < 1.29 is 13.9 Å². The zero-order chi connectivity index (χ0) is 17.3. The quantitative estimate of drug-likeness (QED) is 0.907. The van der Waals surface area contributed by atoms with Crippen LogP contribution in [0.3, 0.4) is 0 Å². The molecule has 0 unspecified atom stereocenters. The summed E-state index contributed by atoms with van der Waals surface area (Å²) in [5.41, 5.74) is 1.01. The Hall–Kier alpha value is -2.15. The average molecular weight is 332 g/mol. The third-order valence-corrected chi connectivity index (χ3v) is 4.51. The van der Waals surface area contributed by atoms with E-state index in [1.807, 2.05) is 26.8 Å². The van der Waals surface area contributed by atoms with Crippen molar-refractivity contribution in [2.24, 2.45) is 0 Å². The predicted molar refractivity (Wildman–Crippen MR) is 88.0 cm³/mol. The number of carbonyl (C=O) groups is 1. The third kappa shape index (κ3) is 3.21. The van der Waals surface area contributed by atoms with E-state index in [0.29, 0.717) is 18.9 Å². The van der Waals surface area contributed by atoms with Gasteiger partial charge in [-0.2, -0.15) is 5.10 Å². The molecule has 3 rings (SSSR count). The molecule has 1 fully saturated rings. The molecule has 1 saturated heterocycles. The first-order valence-corrected chi connectivity index (χ1v) is 8.34. The number of hydrogen-bond donors (Lipinski definition) is 1. The molecule has 0 radical (unpaired) electrons. The number of nitrogens with one attached hydrogen (secondary N) is 1. The van der Waals surface area contributed by atoms with E-state index in [1.165, 1.54) is 0 Å². The van der Waals surface area contributed by atoms with E-state index in [4.69, 9.17) is 9.15 Å². The van der Waals surface area contributed by atoms with Crippen molar-refractivity contribution in [2.45, 2.75) is 45.6 Å². The van der Waals surface area contributed by atoms with Crippen molar-refractivity contribution in [3.05, 3.63) is 34.8 Å². The van der Waals surface area contributed by atoms with Crippen LogP contribution in [0.15, 0.2) is 10.5 Å². The first-order chi connectivity index (χ1) is 11.5. The minimum Gasteiger partial charge on any atom is -0.456 e. The van der Waals surface area contributed by atoms with Crippen LogP contribution in [0.5, 0.6) is 0 Å². The van der Waals surface area contributed by atoms with Crippen molar-refractivity contribution in [1.29, 1.82) is 0 Å². The fourth-order valence-corrected chi connectivity index (χ4v) is 3.17. The lowest BCUT2D eigenvalue weighted by Gasteiger charge is -2.23. The molecule has 7 nitrogen and oxygen atoms in total. The van der Waals surface area contributed by atoms with Crippen LogP contribution in [0.1, 0.15) is 52.8 Å². The lowest BCUT2D eigenvalue weighted by Crippen LogP contribution is -2.36. The van der Waals surface area contributed by atoms with Gasteiger partial charge in [-0.1, -0.05) is 6.92 Å². The maximum Gasteiger partial charge on any atom is 0.289 e. The topological polar surface area (TPSA) is 84.3 Å². The second kappa shape index (κ2) is 6.76. The van der Waals surface area contributed by atoms with E-state index in [1.54, 1.807) is 11.9 Å². The Kier molecular flexibility index (Phi) is 4.71. The molecular weight excluding hydrogens is 308 g/mol. The molecule has 130 valence electrons. The normalized spacial score (nSPS) is 20.5. The van der Waals surface area contributed by atoms with Gasteiger partial charge >= 0.3 is 0 Å². The van der Waals surface area contributed by atoms with Crippen molar-refractivity contribution >= 4 is 5.91 Å². The van der Waals surface area contributed by atoms with Gasteiger partial charge in [0.05, 0.1) is 12.0 Å². The van der Waals surface area contributed by atoms with Crippen LogP contribution >= 0.6 is 0 Å². The van der Waals surface area contributed by atoms with Crippen LogP contribution < -0.4 is 0 Å². The first-order valence-electron chi connectivity index (χ1n) is 8.34. The van der Waals surface area contributed by atoms with Gasteiger partial charge in [0.15, 0.2) is 11.6 Å². The van der Waals surface area contributed by atoms with Crippen LogP contribution in [0.25, 0.3) is 0 Å². The lowest BCUT2D eigenvalue weighted by molar-refractivity contribution is 0.0527. The van der Waals surface area contributed by atoms with E-state index in [0.717, 1.165) is 35.8 Å². The van der Waals surface area contributed by atoms with Gasteiger partial charge in [-0.25, -0.2) is 4.98 Å². The molecule has 0 bridgehead atoms. The summed E-state index contributed by atoms with van der Waals surface area (Å²) in [6.07, 6.45) is 1.54. The van der Waals surface area contributed by atoms with Crippen LogP contribution in [0.4, 0.5) is 0 Å². The molecule has 7 heteroatoms. The van der Waals surface area contributed by atoms with Crippen LogP contribution in [0.2, 0.25) is 0 Å². The largest absolute Gasteiger partial charge is 0.456 e. The summed E-state index contributed by atoms with van der Waals surface area (Å²) >= 11 is 0. The number of hydrogen-bond acceptors (Lipinski definition) is 5. The number of H-pyrrole nitrogens is 1. The lowest BCUT2D eigenvalue weighted by atomic mass is 10.0. The Labute approximate surface area is 141 Å². The first kappa shape index (κ1) is 16.7. The van der Waals surface area contributed by atoms with E-state index < -0.39 is 0 Å². The molecular formula is C17H24N4O3. The summed E-state index contributed by atoms with van der Waals surface area (Å²) in [4.78, 5) is 18.7. The minimum atomic E-state index is -0.127. The summed E-state index contributed by atoms with van der Waals surface area (Å²) in [6.45, 7) is 6.99. The molecule has 1 amide bonds. The Morgan fingerprint density at radius 3 is 2.88 bits per heavy atom. The number of nitrogens with zero attached hydrogens (tertiary/aromatic N) is 3. The van der Waals surface area contributed by atoms with Crippen molar-refractivity contribution in [3.8, 4) is 0 Å². The number of carbonyl (C=O) groups excluding carboxylic acids is 1. The zero-order valence-corrected chi connectivity index (χ0v) is 14.6. The molecule has 2 aromatic rings. The van der Waals surface area contributed by atoms with Crippen LogP contribution in [-0.4, -0.2) is 52.3 Å². The molecule has 2 aromatic heterocycles. The molecule has 0 aliphatic carbocycles. The molecule has 0 aromatic carbocycles. The fraction of sp³-hybridized carbons (Fsp3) is 0.588. The van der Waals surface area contributed by atoms with Gasteiger partial charge in [0, 0.05) is 26.6 Å². The van der Waals surface area contributed by atoms with Crippen molar-refractivity contribution in [2.75, 3.05) is 20.2 Å². The predicted octanol–water partition coefficient (Wildman–Crippen LogP) is 2.22. The highest BCUT2D eigenvalue weighted by molar-refractivity contribution is 5.91. The highest BCUT2D eigenvalue weighted by Crippen LogP contribution is 2.30. The molecule has 0 saturated carbocycles. The molecule has 1 aliphatic heterocycles. The SMILES string of the molecule is CCc1oc(C(=O)N(C)C[C@H]2OCC[C@H]2c2n[nH]c(C)n2)cc1C. The van der Waals surface area contributed by atoms with E-state index in [2.05, 4.69) is 15.2 Å². The Balaban J connectivity index is 1.68. The number of aromatic amines is 1. The number of ether oxygens (including phenoxy) is 1. The fourth-order valence-electron chi connectivity index (χ4n) is 3.17. The van der Waals surface area contributed by atoms with Crippen LogP contribution in [-0.2, 0) is 11.2 Å². The summed E-state index contributed by atoms with van der Waals surface area (Å²) in [5.74, 6) is 2.78. The van der Waals surface area contributed by atoms with E-state index in [9.17, 15) is 4.79 Å². The molecule has 24 heavy (non-hydrogen) atoms. The van der Waals surface area contributed by atoms with E-state index >= 15 is 0 Å². The van der Waals surface area contributed by atoms with Gasteiger partial charge in [0.2, 0.25) is 0 Å². The number of rotatable bonds is 5. The van der Waals surface area contributed by atoms with Gasteiger partial charge in [-0.3, -0.25) is 9.89 Å². The Morgan fingerprint density at radius 2 is 2.25 bits per heavy atom. The summed E-state index contributed by atoms with van der Waals surface area (Å²) in [5, 5.41) is 7.12. The summed E-state index contributed by atoms with van der Waals surface area (Å²) < 4.78 is 11.5. The third-order valence-electron chi connectivity index (χ3n) is 4.51. The molecule has 2 atom stereocenters. The standard InChI is InChI=1S/C17H24N4O3/c1-5-13-10(2)8-14(24-13)17(22)21(4)9-15-12(6-7-23-15)16-18-11(3)19-20-16/h8,12,15H,5-7,9H2,1-4H3,(H,18,19,20)/t12-,15-/m1/s1. The maximum atomic E-state index is 12.6. The number of amides is 1. The summed E-state index contributed by atoms with van der Waals surface area (Å²) in [6, 6.07) is 1.81.